The number of allylic oxidation sites excluding steroid dienone is 3. The van der Waals surface area contributed by atoms with Crippen molar-refractivity contribution in [1.29, 1.82) is 0 Å². The molecule has 0 amide bonds. The predicted molar refractivity (Wildman–Crippen MR) is 79.7 cm³/mol. The zero-order valence-electron chi connectivity index (χ0n) is 11.2. The van der Waals surface area contributed by atoms with Crippen LogP contribution in [0, 0.1) is 0 Å². The van der Waals surface area contributed by atoms with Gasteiger partial charge in [0.1, 0.15) is 5.75 Å². The molecule has 2 rings (SSSR count). The number of hydrogen-bond donors (Lipinski definition) is 0. The quantitative estimate of drug-likeness (QED) is 0.471. The van der Waals surface area contributed by atoms with Gasteiger partial charge in [0.05, 0.1) is 7.11 Å². The van der Waals surface area contributed by atoms with Crippen molar-refractivity contribution in [3.05, 3.63) is 78.1 Å². The van der Waals surface area contributed by atoms with Crippen LogP contribution in [0.1, 0.15) is 15.9 Å². The Hall–Kier alpha value is -2.68. The van der Waals surface area contributed by atoms with Gasteiger partial charge in [0.25, 0.3) is 0 Å². The molecule has 1 aromatic heterocycles. The summed E-state index contributed by atoms with van der Waals surface area (Å²) in [5.74, 6) is 0.735. The molecule has 0 saturated heterocycles. The van der Waals surface area contributed by atoms with Gasteiger partial charge in [0, 0.05) is 23.5 Å². The van der Waals surface area contributed by atoms with Gasteiger partial charge in [-0.25, -0.2) is 0 Å². The zero-order chi connectivity index (χ0) is 14.2. The highest BCUT2D eigenvalue weighted by Gasteiger charge is 1.99. The van der Waals surface area contributed by atoms with E-state index in [0.29, 0.717) is 5.56 Å². The number of pyridine rings is 1. The number of nitrogens with zero attached hydrogens (tertiary/aromatic N) is 1. The van der Waals surface area contributed by atoms with Crippen molar-refractivity contribution in [3.63, 3.8) is 0 Å². The van der Waals surface area contributed by atoms with E-state index in [0.717, 1.165) is 11.3 Å². The maximum atomic E-state index is 11.8. The summed E-state index contributed by atoms with van der Waals surface area (Å²) < 4.78 is 5.24. The second kappa shape index (κ2) is 7.04. The largest absolute Gasteiger partial charge is 0.496 e. The number of hydrogen-bond acceptors (Lipinski definition) is 3. The number of benzene rings is 1. The molecule has 0 N–H and O–H groups in total. The van der Waals surface area contributed by atoms with E-state index in [9.17, 15) is 4.79 Å². The lowest BCUT2D eigenvalue weighted by molar-refractivity contribution is 0.104. The van der Waals surface area contributed by atoms with Gasteiger partial charge in [-0.1, -0.05) is 36.4 Å². The standard InChI is InChI=1S/C17H15NO2/c1-20-17-11-5-3-8-14(17)7-2-4-10-16(19)15-9-6-12-18-13-15/h2-13H,1H3/b7-2+,10-4-. The first kappa shape index (κ1) is 13.7. The Labute approximate surface area is 118 Å². The minimum Gasteiger partial charge on any atom is -0.496 e. The summed E-state index contributed by atoms with van der Waals surface area (Å²) in [4.78, 5) is 15.7. The molecule has 0 aliphatic rings. The third-order valence-electron chi connectivity index (χ3n) is 2.72. The van der Waals surface area contributed by atoms with E-state index in [1.165, 1.54) is 6.08 Å². The van der Waals surface area contributed by atoms with Gasteiger partial charge in [0.2, 0.25) is 0 Å². The number of para-hydroxylation sites is 1. The third-order valence-corrected chi connectivity index (χ3v) is 2.72. The second-order valence-electron chi connectivity index (χ2n) is 4.07. The first-order chi connectivity index (χ1) is 9.81. The van der Waals surface area contributed by atoms with Crippen molar-refractivity contribution in [2.75, 3.05) is 7.11 Å². The normalized spacial score (nSPS) is 11.1. The van der Waals surface area contributed by atoms with Crippen molar-refractivity contribution in [3.8, 4) is 5.75 Å². The first-order valence-corrected chi connectivity index (χ1v) is 6.23. The Balaban J connectivity index is 2.03. The number of methoxy groups -OCH3 is 1. The summed E-state index contributed by atoms with van der Waals surface area (Å²) in [5, 5.41) is 0. The topological polar surface area (TPSA) is 39.2 Å². The molecule has 0 spiro atoms. The number of ketones is 1. The van der Waals surface area contributed by atoms with E-state index in [1.807, 2.05) is 36.4 Å². The Bertz CT molecular complexity index is 630. The molecule has 1 aromatic carbocycles. The predicted octanol–water partition coefficient (Wildman–Crippen LogP) is 3.54. The molecule has 0 aliphatic heterocycles. The summed E-state index contributed by atoms with van der Waals surface area (Å²) >= 11 is 0. The van der Waals surface area contributed by atoms with Gasteiger partial charge < -0.3 is 4.74 Å². The van der Waals surface area contributed by atoms with Gasteiger partial charge in [0.15, 0.2) is 5.78 Å². The van der Waals surface area contributed by atoms with Crippen molar-refractivity contribution in [2.45, 2.75) is 0 Å². The van der Waals surface area contributed by atoms with Gasteiger partial charge in [-0.3, -0.25) is 9.78 Å². The number of carbonyl (C=O) groups excluding carboxylic acids is 1. The van der Waals surface area contributed by atoms with Crippen LogP contribution >= 0.6 is 0 Å². The zero-order valence-corrected chi connectivity index (χ0v) is 11.2. The van der Waals surface area contributed by atoms with E-state index in [4.69, 9.17) is 4.74 Å². The van der Waals surface area contributed by atoms with Crippen molar-refractivity contribution >= 4 is 11.9 Å². The monoisotopic (exact) mass is 265 g/mol. The summed E-state index contributed by atoms with van der Waals surface area (Å²) in [6.07, 6.45) is 10.1. The van der Waals surface area contributed by atoms with Gasteiger partial charge >= 0.3 is 0 Å². The maximum absolute atomic E-state index is 11.8. The molecule has 0 atom stereocenters. The van der Waals surface area contributed by atoms with Crippen LogP contribution < -0.4 is 4.74 Å². The smallest absolute Gasteiger partial charge is 0.187 e. The second-order valence-corrected chi connectivity index (χ2v) is 4.07. The van der Waals surface area contributed by atoms with Crippen LogP contribution in [0.25, 0.3) is 6.08 Å². The lowest BCUT2D eigenvalue weighted by Crippen LogP contribution is -1.93. The number of aromatic nitrogens is 1. The van der Waals surface area contributed by atoms with Crippen molar-refractivity contribution in [1.82, 2.24) is 4.98 Å². The summed E-state index contributed by atoms with van der Waals surface area (Å²) in [6.45, 7) is 0. The maximum Gasteiger partial charge on any atom is 0.187 e. The van der Waals surface area contributed by atoms with Crippen LogP contribution in [-0.2, 0) is 0 Å². The average Bonchev–Trinajstić information content (AvgIpc) is 2.52. The van der Waals surface area contributed by atoms with Crippen LogP contribution in [0.2, 0.25) is 0 Å². The molecule has 0 unspecified atom stereocenters. The molecule has 3 heteroatoms. The van der Waals surface area contributed by atoms with Gasteiger partial charge in [-0.2, -0.15) is 0 Å². The van der Waals surface area contributed by atoms with E-state index in [1.54, 1.807) is 37.7 Å². The SMILES string of the molecule is COc1ccccc1/C=C/C=C\C(=O)c1cccnc1. The Morgan fingerprint density at radius 3 is 2.75 bits per heavy atom. The van der Waals surface area contributed by atoms with Crippen LogP contribution in [0.15, 0.2) is 67.0 Å². The molecule has 2 aromatic rings. The van der Waals surface area contributed by atoms with Crippen LogP contribution in [0.4, 0.5) is 0 Å². The van der Waals surface area contributed by atoms with E-state index >= 15 is 0 Å². The number of carbonyl (C=O) groups is 1. The molecule has 0 fully saturated rings. The molecule has 20 heavy (non-hydrogen) atoms. The fraction of sp³-hybridized carbons (Fsp3) is 0.0588. The summed E-state index contributed by atoms with van der Waals surface area (Å²) in [7, 11) is 1.63. The van der Waals surface area contributed by atoms with Crippen LogP contribution in [0.3, 0.4) is 0 Å². The molecular weight excluding hydrogens is 250 g/mol. The van der Waals surface area contributed by atoms with Crippen molar-refractivity contribution in [2.24, 2.45) is 0 Å². The minimum atomic E-state index is -0.0669. The number of rotatable bonds is 5. The highest BCUT2D eigenvalue weighted by molar-refractivity contribution is 6.04. The Morgan fingerprint density at radius 2 is 2.00 bits per heavy atom. The fourth-order valence-corrected chi connectivity index (χ4v) is 1.71. The lowest BCUT2D eigenvalue weighted by Gasteiger charge is -2.02. The highest BCUT2D eigenvalue weighted by atomic mass is 16.5. The van der Waals surface area contributed by atoms with Crippen LogP contribution in [-0.4, -0.2) is 17.9 Å². The summed E-state index contributed by atoms with van der Waals surface area (Å²) in [5.41, 5.74) is 1.54. The fourth-order valence-electron chi connectivity index (χ4n) is 1.71. The molecule has 0 aliphatic carbocycles. The Morgan fingerprint density at radius 1 is 1.15 bits per heavy atom. The Kier molecular flexibility index (Phi) is 4.84. The van der Waals surface area contributed by atoms with Gasteiger partial charge in [-0.15, -0.1) is 0 Å². The molecule has 100 valence electrons. The van der Waals surface area contributed by atoms with Crippen molar-refractivity contribution < 1.29 is 9.53 Å². The van der Waals surface area contributed by atoms with Gasteiger partial charge in [-0.05, 0) is 24.3 Å². The van der Waals surface area contributed by atoms with E-state index < -0.39 is 0 Å². The van der Waals surface area contributed by atoms with E-state index in [-0.39, 0.29) is 5.78 Å². The molecule has 0 radical (unpaired) electrons. The first-order valence-electron chi connectivity index (χ1n) is 6.23. The number of ether oxygens (including phenoxy) is 1. The summed E-state index contributed by atoms with van der Waals surface area (Å²) in [6, 6.07) is 11.2. The molecule has 1 heterocycles. The average molecular weight is 265 g/mol. The highest BCUT2D eigenvalue weighted by Crippen LogP contribution is 2.18. The van der Waals surface area contributed by atoms with E-state index in [2.05, 4.69) is 4.98 Å². The minimum absolute atomic E-state index is 0.0669. The van der Waals surface area contributed by atoms with Crippen LogP contribution in [0.5, 0.6) is 5.75 Å². The molecule has 0 saturated carbocycles. The lowest BCUT2D eigenvalue weighted by atomic mass is 10.1. The molecular formula is C17H15NO2. The molecule has 3 nitrogen and oxygen atoms in total. The molecule has 0 bridgehead atoms. The third kappa shape index (κ3) is 3.65.